The Labute approximate surface area is 115 Å². The standard InChI is InChI=1S/C14H16BrNO2/c1-14(2,13(17)18)8-11-6-9-4-5-10(15)7-12(9)16(11)3/h4-7H,8H2,1-3H3,(H,17,18). The van der Waals surface area contributed by atoms with Gasteiger partial charge in [0.25, 0.3) is 0 Å². The number of aromatic nitrogens is 1. The third-order valence-electron chi connectivity index (χ3n) is 3.31. The maximum absolute atomic E-state index is 11.2. The largest absolute Gasteiger partial charge is 0.481 e. The van der Waals surface area contributed by atoms with Crippen LogP contribution in [0.15, 0.2) is 28.7 Å². The number of hydrogen-bond acceptors (Lipinski definition) is 1. The molecule has 0 saturated heterocycles. The highest BCUT2D eigenvalue weighted by Crippen LogP contribution is 2.28. The third-order valence-corrected chi connectivity index (χ3v) is 3.80. The summed E-state index contributed by atoms with van der Waals surface area (Å²) in [5.74, 6) is -0.770. The average molecular weight is 310 g/mol. The average Bonchev–Trinajstić information content (AvgIpc) is 2.56. The summed E-state index contributed by atoms with van der Waals surface area (Å²) in [6, 6.07) is 8.14. The maximum Gasteiger partial charge on any atom is 0.309 e. The molecule has 96 valence electrons. The van der Waals surface area contributed by atoms with Crippen molar-refractivity contribution in [2.75, 3.05) is 0 Å². The molecular weight excluding hydrogens is 294 g/mol. The lowest BCUT2D eigenvalue weighted by Crippen LogP contribution is -2.27. The normalized spacial score (nSPS) is 12.0. The molecule has 0 bridgehead atoms. The molecule has 0 atom stereocenters. The molecule has 0 aliphatic rings. The van der Waals surface area contributed by atoms with Gasteiger partial charge in [-0.25, -0.2) is 0 Å². The van der Waals surface area contributed by atoms with Crippen molar-refractivity contribution in [3.05, 3.63) is 34.4 Å². The lowest BCUT2D eigenvalue weighted by Gasteiger charge is -2.19. The van der Waals surface area contributed by atoms with E-state index in [2.05, 4.69) is 26.6 Å². The highest BCUT2D eigenvalue weighted by Gasteiger charge is 2.28. The van der Waals surface area contributed by atoms with Crippen molar-refractivity contribution >= 4 is 32.8 Å². The number of fused-ring (bicyclic) bond motifs is 1. The SMILES string of the molecule is Cn1c(CC(C)(C)C(=O)O)cc2ccc(Br)cc21. The molecule has 1 heterocycles. The van der Waals surface area contributed by atoms with E-state index in [-0.39, 0.29) is 0 Å². The molecule has 0 unspecified atom stereocenters. The Morgan fingerprint density at radius 3 is 2.67 bits per heavy atom. The third kappa shape index (κ3) is 2.29. The van der Waals surface area contributed by atoms with Crippen molar-refractivity contribution in [3.63, 3.8) is 0 Å². The molecule has 0 amide bonds. The molecule has 2 rings (SSSR count). The second kappa shape index (κ2) is 4.43. The van der Waals surface area contributed by atoms with Crippen LogP contribution in [0.1, 0.15) is 19.5 Å². The highest BCUT2D eigenvalue weighted by atomic mass is 79.9. The number of aliphatic carboxylic acids is 1. The van der Waals surface area contributed by atoms with E-state index in [4.69, 9.17) is 0 Å². The number of benzene rings is 1. The molecule has 1 N–H and O–H groups in total. The van der Waals surface area contributed by atoms with Gasteiger partial charge < -0.3 is 9.67 Å². The summed E-state index contributed by atoms with van der Waals surface area (Å²) in [7, 11) is 1.97. The maximum atomic E-state index is 11.2. The van der Waals surface area contributed by atoms with Gasteiger partial charge in [-0.15, -0.1) is 0 Å². The predicted octanol–water partition coefficient (Wildman–Crippen LogP) is 3.59. The zero-order chi connectivity index (χ0) is 13.5. The summed E-state index contributed by atoms with van der Waals surface area (Å²) in [6.07, 6.45) is 0.519. The van der Waals surface area contributed by atoms with Crippen LogP contribution in [-0.4, -0.2) is 15.6 Å². The van der Waals surface area contributed by atoms with Crippen LogP contribution in [-0.2, 0) is 18.3 Å². The number of carbonyl (C=O) groups is 1. The second-order valence-electron chi connectivity index (χ2n) is 5.26. The van der Waals surface area contributed by atoms with Gasteiger partial charge in [0, 0.05) is 29.2 Å². The number of carboxylic acid groups (broad SMARTS) is 1. The number of nitrogens with zero attached hydrogens (tertiary/aromatic N) is 1. The fraction of sp³-hybridized carbons (Fsp3) is 0.357. The zero-order valence-corrected chi connectivity index (χ0v) is 12.3. The minimum Gasteiger partial charge on any atom is -0.481 e. The van der Waals surface area contributed by atoms with Gasteiger partial charge in [-0.2, -0.15) is 0 Å². The first kappa shape index (κ1) is 13.1. The lowest BCUT2D eigenvalue weighted by molar-refractivity contribution is -0.146. The van der Waals surface area contributed by atoms with E-state index < -0.39 is 11.4 Å². The Hall–Kier alpha value is -1.29. The van der Waals surface area contributed by atoms with E-state index in [1.807, 2.05) is 25.2 Å². The Morgan fingerprint density at radius 2 is 2.06 bits per heavy atom. The Kier molecular flexibility index (Phi) is 3.23. The van der Waals surface area contributed by atoms with Crippen molar-refractivity contribution in [1.82, 2.24) is 4.57 Å². The summed E-state index contributed by atoms with van der Waals surface area (Å²) < 4.78 is 3.09. The molecule has 0 fully saturated rings. The van der Waals surface area contributed by atoms with Crippen LogP contribution in [0, 0.1) is 5.41 Å². The topological polar surface area (TPSA) is 42.2 Å². The Balaban J connectivity index is 2.47. The Morgan fingerprint density at radius 1 is 1.39 bits per heavy atom. The minimum absolute atomic E-state index is 0.519. The van der Waals surface area contributed by atoms with Gasteiger partial charge in [0.15, 0.2) is 0 Å². The first-order valence-electron chi connectivity index (χ1n) is 5.78. The van der Waals surface area contributed by atoms with E-state index >= 15 is 0 Å². The van der Waals surface area contributed by atoms with E-state index in [1.165, 1.54) is 0 Å². The fourth-order valence-electron chi connectivity index (χ4n) is 2.06. The molecule has 0 aliphatic heterocycles. The highest BCUT2D eigenvalue weighted by molar-refractivity contribution is 9.10. The summed E-state index contributed by atoms with van der Waals surface area (Å²) in [4.78, 5) is 11.2. The van der Waals surface area contributed by atoms with E-state index in [1.54, 1.807) is 13.8 Å². The first-order valence-corrected chi connectivity index (χ1v) is 6.58. The van der Waals surface area contributed by atoms with Gasteiger partial charge >= 0.3 is 5.97 Å². The molecule has 2 aromatic rings. The van der Waals surface area contributed by atoms with Crippen molar-refractivity contribution in [2.45, 2.75) is 20.3 Å². The van der Waals surface area contributed by atoms with Crippen LogP contribution in [0.25, 0.3) is 10.9 Å². The van der Waals surface area contributed by atoms with Gasteiger partial charge in [0.2, 0.25) is 0 Å². The van der Waals surface area contributed by atoms with Crippen molar-refractivity contribution in [1.29, 1.82) is 0 Å². The molecule has 4 heteroatoms. The minimum atomic E-state index is -0.770. The smallest absolute Gasteiger partial charge is 0.309 e. The van der Waals surface area contributed by atoms with Crippen molar-refractivity contribution < 1.29 is 9.90 Å². The number of hydrogen-bond donors (Lipinski definition) is 1. The van der Waals surface area contributed by atoms with Crippen LogP contribution in [0.2, 0.25) is 0 Å². The monoisotopic (exact) mass is 309 g/mol. The van der Waals surface area contributed by atoms with Crippen molar-refractivity contribution in [2.24, 2.45) is 12.5 Å². The molecule has 3 nitrogen and oxygen atoms in total. The summed E-state index contributed by atoms with van der Waals surface area (Å²) in [5.41, 5.74) is 1.40. The molecular formula is C14H16BrNO2. The van der Waals surface area contributed by atoms with Gasteiger partial charge in [-0.05, 0) is 37.4 Å². The summed E-state index contributed by atoms with van der Waals surface area (Å²) in [6.45, 7) is 3.51. The predicted molar refractivity (Wildman–Crippen MR) is 75.7 cm³/mol. The van der Waals surface area contributed by atoms with Gasteiger partial charge in [0.05, 0.1) is 5.41 Å². The van der Waals surface area contributed by atoms with E-state index in [0.717, 1.165) is 21.1 Å². The number of halogens is 1. The number of carboxylic acids is 1. The molecule has 18 heavy (non-hydrogen) atoms. The number of aryl methyl sites for hydroxylation is 1. The van der Waals surface area contributed by atoms with E-state index in [9.17, 15) is 9.90 Å². The zero-order valence-electron chi connectivity index (χ0n) is 10.7. The summed E-state index contributed by atoms with van der Waals surface area (Å²) in [5, 5.41) is 10.3. The number of rotatable bonds is 3. The van der Waals surface area contributed by atoms with Gasteiger partial charge in [0.1, 0.15) is 0 Å². The quantitative estimate of drug-likeness (QED) is 0.941. The first-order chi connectivity index (χ1) is 8.31. The molecule has 0 aliphatic carbocycles. The van der Waals surface area contributed by atoms with Gasteiger partial charge in [-0.1, -0.05) is 22.0 Å². The van der Waals surface area contributed by atoms with E-state index in [0.29, 0.717) is 6.42 Å². The van der Waals surface area contributed by atoms with Crippen molar-refractivity contribution in [3.8, 4) is 0 Å². The van der Waals surface area contributed by atoms with Crippen LogP contribution < -0.4 is 0 Å². The van der Waals surface area contributed by atoms with Crippen LogP contribution in [0.4, 0.5) is 0 Å². The molecule has 0 spiro atoms. The molecule has 0 radical (unpaired) electrons. The van der Waals surface area contributed by atoms with Gasteiger partial charge in [-0.3, -0.25) is 4.79 Å². The molecule has 0 saturated carbocycles. The molecule has 1 aromatic carbocycles. The summed E-state index contributed by atoms with van der Waals surface area (Å²) >= 11 is 3.45. The lowest BCUT2D eigenvalue weighted by atomic mass is 9.88. The Bertz CT molecular complexity index is 614. The van der Waals surface area contributed by atoms with Crippen LogP contribution in [0.3, 0.4) is 0 Å². The second-order valence-corrected chi connectivity index (χ2v) is 6.18. The fourth-order valence-corrected chi connectivity index (χ4v) is 2.41. The molecule has 1 aromatic heterocycles. The van der Waals surface area contributed by atoms with Crippen LogP contribution in [0.5, 0.6) is 0 Å². The van der Waals surface area contributed by atoms with Crippen LogP contribution >= 0.6 is 15.9 Å².